The highest BCUT2D eigenvalue weighted by molar-refractivity contribution is 6.31. The number of hydrogen-bond donors (Lipinski definition) is 1. The van der Waals surface area contributed by atoms with Crippen molar-refractivity contribution in [2.45, 2.75) is 25.6 Å². The smallest absolute Gasteiger partial charge is 0.328 e. The fourth-order valence-corrected chi connectivity index (χ4v) is 1.62. The molecule has 2 N–H and O–H groups in total. The first-order chi connectivity index (χ1) is 7.64. The SMILES string of the molecule is CC(N)Cc1c(Cl)cc(C(F)(F)F)c(F)c1F. The second-order valence-electron chi connectivity index (χ2n) is 3.69. The fraction of sp³-hybridized carbons (Fsp3) is 0.400. The molecule has 0 radical (unpaired) electrons. The van der Waals surface area contributed by atoms with Gasteiger partial charge in [-0.05, 0) is 19.4 Å². The highest BCUT2D eigenvalue weighted by atomic mass is 35.5. The molecular formula is C10H9ClF5N. The van der Waals surface area contributed by atoms with Gasteiger partial charge in [0.15, 0.2) is 11.6 Å². The monoisotopic (exact) mass is 273 g/mol. The molecule has 0 heterocycles. The lowest BCUT2D eigenvalue weighted by molar-refractivity contribution is -0.140. The summed E-state index contributed by atoms with van der Waals surface area (Å²) in [6.45, 7) is 1.51. The van der Waals surface area contributed by atoms with Crippen molar-refractivity contribution < 1.29 is 22.0 Å². The maximum absolute atomic E-state index is 13.4. The van der Waals surface area contributed by atoms with Crippen LogP contribution in [0.1, 0.15) is 18.1 Å². The zero-order valence-electron chi connectivity index (χ0n) is 8.71. The van der Waals surface area contributed by atoms with Crippen molar-refractivity contribution in [3.8, 4) is 0 Å². The standard InChI is InChI=1S/C10H9ClF5N/c1-4(17)2-5-7(11)3-6(10(14,15)16)9(13)8(5)12/h3-4H,2,17H2,1H3. The van der Waals surface area contributed by atoms with Crippen LogP contribution in [-0.4, -0.2) is 6.04 Å². The Kier molecular flexibility index (Phi) is 3.99. The van der Waals surface area contributed by atoms with Crippen molar-refractivity contribution in [3.05, 3.63) is 33.9 Å². The van der Waals surface area contributed by atoms with Crippen LogP contribution in [0.3, 0.4) is 0 Å². The van der Waals surface area contributed by atoms with Gasteiger partial charge in [-0.15, -0.1) is 0 Å². The predicted molar refractivity (Wildman–Crippen MR) is 53.7 cm³/mol. The molecule has 0 saturated carbocycles. The maximum atomic E-state index is 13.4. The molecule has 96 valence electrons. The molecule has 0 aliphatic rings. The van der Waals surface area contributed by atoms with Crippen molar-refractivity contribution in [1.82, 2.24) is 0 Å². The lowest BCUT2D eigenvalue weighted by Gasteiger charge is -2.14. The first kappa shape index (κ1) is 14.2. The van der Waals surface area contributed by atoms with E-state index in [0.717, 1.165) is 0 Å². The van der Waals surface area contributed by atoms with Gasteiger partial charge in [0.1, 0.15) is 0 Å². The van der Waals surface area contributed by atoms with Gasteiger partial charge < -0.3 is 5.73 Å². The summed E-state index contributed by atoms with van der Waals surface area (Å²) in [4.78, 5) is 0. The van der Waals surface area contributed by atoms with Crippen LogP contribution < -0.4 is 5.73 Å². The third-order valence-corrected chi connectivity index (χ3v) is 2.42. The molecule has 7 heteroatoms. The number of nitrogens with two attached hydrogens (primary N) is 1. The Morgan fingerprint density at radius 3 is 2.24 bits per heavy atom. The number of halogens is 6. The fourth-order valence-electron chi connectivity index (χ4n) is 1.35. The van der Waals surface area contributed by atoms with E-state index in [0.29, 0.717) is 6.07 Å². The van der Waals surface area contributed by atoms with Gasteiger partial charge in [0.25, 0.3) is 0 Å². The highest BCUT2D eigenvalue weighted by Gasteiger charge is 2.37. The molecule has 0 fully saturated rings. The third-order valence-electron chi connectivity index (χ3n) is 2.08. The molecule has 1 rings (SSSR count). The minimum Gasteiger partial charge on any atom is -0.328 e. The van der Waals surface area contributed by atoms with Crippen molar-refractivity contribution in [2.75, 3.05) is 0 Å². The van der Waals surface area contributed by atoms with E-state index in [-0.39, 0.29) is 12.0 Å². The normalized spacial score (nSPS) is 13.9. The molecule has 0 aliphatic heterocycles. The number of benzene rings is 1. The van der Waals surface area contributed by atoms with E-state index < -0.39 is 34.4 Å². The van der Waals surface area contributed by atoms with Gasteiger partial charge in [-0.1, -0.05) is 11.6 Å². The average molecular weight is 274 g/mol. The summed E-state index contributed by atoms with van der Waals surface area (Å²) in [5.74, 6) is -3.54. The molecule has 17 heavy (non-hydrogen) atoms. The Morgan fingerprint density at radius 2 is 1.82 bits per heavy atom. The zero-order chi connectivity index (χ0) is 13.4. The minimum atomic E-state index is -4.98. The molecule has 0 aliphatic carbocycles. The van der Waals surface area contributed by atoms with Crippen molar-refractivity contribution >= 4 is 11.6 Å². The van der Waals surface area contributed by atoms with E-state index in [2.05, 4.69) is 0 Å². The van der Waals surface area contributed by atoms with Gasteiger partial charge >= 0.3 is 6.18 Å². The summed E-state index contributed by atoms with van der Waals surface area (Å²) in [5.41, 5.74) is 3.31. The average Bonchev–Trinajstić information content (AvgIpc) is 2.16. The number of alkyl halides is 3. The first-order valence-electron chi connectivity index (χ1n) is 4.63. The van der Waals surface area contributed by atoms with E-state index >= 15 is 0 Å². The second-order valence-corrected chi connectivity index (χ2v) is 4.10. The molecule has 1 atom stereocenters. The Bertz CT molecular complexity index is 428. The lowest BCUT2D eigenvalue weighted by atomic mass is 10.0. The molecule has 0 bridgehead atoms. The quantitative estimate of drug-likeness (QED) is 0.647. The predicted octanol–water partition coefficient (Wildman–Crippen LogP) is 3.53. The first-order valence-corrected chi connectivity index (χ1v) is 5.01. The Balaban J connectivity index is 3.37. The zero-order valence-corrected chi connectivity index (χ0v) is 9.46. The van der Waals surface area contributed by atoms with E-state index in [1.165, 1.54) is 6.92 Å². The summed E-state index contributed by atoms with van der Waals surface area (Å²) < 4.78 is 63.5. The Morgan fingerprint density at radius 1 is 1.29 bits per heavy atom. The molecule has 0 saturated heterocycles. The van der Waals surface area contributed by atoms with Crippen molar-refractivity contribution in [3.63, 3.8) is 0 Å². The minimum absolute atomic E-state index is 0.139. The molecule has 0 aromatic heterocycles. The summed E-state index contributed by atoms with van der Waals surface area (Å²) in [6, 6.07) is -0.171. The molecule has 1 nitrogen and oxygen atoms in total. The van der Waals surface area contributed by atoms with Crippen LogP contribution in [-0.2, 0) is 12.6 Å². The van der Waals surface area contributed by atoms with Gasteiger partial charge in [-0.2, -0.15) is 13.2 Å². The van der Waals surface area contributed by atoms with Crippen LogP contribution in [0.15, 0.2) is 6.07 Å². The molecule has 0 spiro atoms. The van der Waals surface area contributed by atoms with Crippen LogP contribution >= 0.6 is 11.6 Å². The summed E-state index contributed by atoms with van der Waals surface area (Å²) in [7, 11) is 0. The van der Waals surface area contributed by atoms with Crippen molar-refractivity contribution in [1.29, 1.82) is 0 Å². The lowest BCUT2D eigenvalue weighted by Crippen LogP contribution is -2.20. The Hall–Kier alpha value is -0.880. The van der Waals surface area contributed by atoms with Gasteiger partial charge in [-0.3, -0.25) is 0 Å². The van der Waals surface area contributed by atoms with Gasteiger partial charge in [0, 0.05) is 16.6 Å². The number of hydrogen-bond acceptors (Lipinski definition) is 1. The van der Waals surface area contributed by atoms with Gasteiger partial charge in [-0.25, -0.2) is 8.78 Å². The van der Waals surface area contributed by atoms with Gasteiger partial charge in [0.2, 0.25) is 0 Å². The summed E-state index contributed by atoms with van der Waals surface area (Å²) >= 11 is 5.49. The van der Waals surface area contributed by atoms with Crippen LogP contribution in [0.2, 0.25) is 5.02 Å². The maximum Gasteiger partial charge on any atom is 0.419 e. The molecule has 0 amide bonds. The topological polar surface area (TPSA) is 26.0 Å². The van der Waals surface area contributed by atoms with E-state index in [9.17, 15) is 22.0 Å². The third kappa shape index (κ3) is 3.07. The summed E-state index contributed by atoms with van der Waals surface area (Å²) in [6.07, 6.45) is -5.12. The van der Waals surface area contributed by atoms with Crippen LogP contribution in [0, 0.1) is 11.6 Å². The van der Waals surface area contributed by atoms with E-state index in [1.54, 1.807) is 0 Å². The van der Waals surface area contributed by atoms with Crippen LogP contribution in [0.25, 0.3) is 0 Å². The molecule has 1 unspecified atom stereocenters. The van der Waals surface area contributed by atoms with Gasteiger partial charge in [0.05, 0.1) is 5.56 Å². The van der Waals surface area contributed by atoms with Crippen molar-refractivity contribution in [2.24, 2.45) is 5.73 Å². The largest absolute Gasteiger partial charge is 0.419 e. The van der Waals surface area contributed by atoms with Crippen LogP contribution in [0.4, 0.5) is 22.0 Å². The Labute approximate surface area is 99.4 Å². The van der Waals surface area contributed by atoms with E-state index in [1.807, 2.05) is 0 Å². The summed E-state index contributed by atoms with van der Waals surface area (Å²) in [5, 5.41) is -0.478. The number of rotatable bonds is 2. The molecule has 1 aromatic rings. The molecular weight excluding hydrogens is 265 g/mol. The molecule has 1 aromatic carbocycles. The highest BCUT2D eigenvalue weighted by Crippen LogP contribution is 2.36. The van der Waals surface area contributed by atoms with Crippen LogP contribution in [0.5, 0.6) is 0 Å². The second kappa shape index (κ2) is 4.78. The van der Waals surface area contributed by atoms with E-state index in [4.69, 9.17) is 17.3 Å².